The number of carbonyl (C=O) groups excluding carboxylic acids is 1. The number of rotatable bonds is 6. The van der Waals surface area contributed by atoms with Gasteiger partial charge < -0.3 is 10.6 Å². The van der Waals surface area contributed by atoms with Gasteiger partial charge in [0.15, 0.2) is 5.82 Å². The number of aryl methyl sites for hydroxylation is 2. The molecule has 9 heteroatoms. The van der Waals surface area contributed by atoms with Crippen molar-refractivity contribution in [2.24, 2.45) is 0 Å². The molecular formula is C30H24F3N5O. The number of anilines is 3. The summed E-state index contributed by atoms with van der Waals surface area (Å²) in [5.74, 6) is 0.137. The van der Waals surface area contributed by atoms with Gasteiger partial charge in [-0.25, -0.2) is 9.67 Å². The Kier molecular flexibility index (Phi) is 6.89. The third kappa shape index (κ3) is 5.67. The topological polar surface area (TPSA) is 71.8 Å². The molecule has 0 aliphatic heterocycles. The normalized spacial score (nSPS) is 11.3. The fourth-order valence-electron chi connectivity index (χ4n) is 4.16. The van der Waals surface area contributed by atoms with E-state index in [0.29, 0.717) is 34.0 Å². The van der Waals surface area contributed by atoms with E-state index >= 15 is 0 Å². The minimum atomic E-state index is -4.40. The van der Waals surface area contributed by atoms with E-state index < -0.39 is 11.7 Å². The molecule has 1 amide bonds. The number of para-hydroxylation sites is 2. The molecule has 5 rings (SSSR count). The molecule has 0 unspecified atom stereocenters. The zero-order valence-corrected chi connectivity index (χ0v) is 21.1. The van der Waals surface area contributed by atoms with E-state index in [1.54, 1.807) is 30.3 Å². The maximum Gasteiger partial charge on any atom is 0.416 e. The molecule has 5 aromatic rings. The summed E-state index contributed by atoms with van der Waals surface area (Å²) in [6.45, 7) is 4.03. The molecule has 2 N–H and O–H groups in total. The fourth-order valence-corrected chi connectivity index (χ4v) is 4.16. The number of amides is 1. The monoisotopic (exact) mass is 527 g/mol. The van der Waals surface area contributed by atoms with E-state index in [2.05, 4.69) is 20.7 Å². The first kappa shape index (κ1) is 25.7. The van der Waals surface area contributed by atoms with Crippen molar-refractivity contribution < 1.29 is 18.0 Å². The van der Waals surface area contributed by atoms with Gasteiger partial charge in [-0.2, -0.15) is 13.2 Å². The molecule has 39 heavy (non-hydrogen) atoms. The van der Waals surface area contributed by atoms with Crippen LogP contribution in [0.1, 0.15) is 27.0 Å². The SMILES string of the molecule is Cc1cccc(C)c1Nc1ccccc1C(=O)Nc1ccc(-c2ncn(-c3ccc(C(F)(F)F)cc3)n2)cc1. The van der Waals surface area contributed by atoms with E-state index in [0.717, 1.165) is 28.9 Å². The molecule has 0 atom stereocenters. The smallest absolute Gasteiger partial charge is 0.354 e. The summed E-state index contributed by atoms with van der Waals surface area (Å²) in [4.78, 5) is 17.4. The van der Waals surface area contributed by atoms with Crippen LogP contribution in [0.5, 0.6) is 0 Å². The molecule has 0 aliphatic carbocycles. The lowest BCUT2D eigenvalue weighted by Crippen LogP contribution is -2.14. The quantitative estimate of drug-likeness (QED) is 0.239. The maximum atomic E-state index is 13.1. The molecule has 6 nitrogen and oxygen atoms in total. The molecule has 0 spiro atoms. The highest BCUT2D eigenvalue weighted by Gasteiger charge is 2.30. The number of benzene rings is 4. The van der Waals surface area contributed by atoms with Crippen molar-refractivity contribution in [3.8, 4) is 17.1 Å². The average Bonchev–Trinajstić information content (AvgIpc) is 3.41. The Morgan fingerprint density at radius 1 is 0.821 bits per heavy atom. The van der Waals surface area contributed by atoms with Crippen molar-refractivity contribution in [1.82, 2.24) is 14.8 Å². The second-order valence-electron chi connectivity index (χ2n) is 9.03. The highest BCUT2D eigenvalue weighted by atomic mass is 19.4. The fraction of sp³-hybridized carbons (Fsp3) is 0.100. The van der Waals surface area contributed by atoms with E-state index in [-0.39, 0.29) is 5.91 Å². The van der Waals surface area contributed by atoms with E-state index in [9.17, 15) is 18.0 Å². The van der Waals surface area contributed by atoms with Gasteiger partial charge in [-0.3, -0.25) is 4.79 Å². The van der Waals surface area contributed by atoms with E-state index in [1.807, 2.05) is 50.2 Å². The van der Waals surface area contributed by atoms with Crippen molar-refractivity contribution in [3.63, 3.8) is 0 Å². The van der Waals surface area contributed by atoms with Crippen LogP contribution in [0.25, 0.3) is 17.1 Å². The summed E-state index contributed by atoms with van der Waals surface area (Å²) in [5, 5.41) is 10.7. The average molecular weight is 528 g/mol. The molecular weight excluding hydrogens is 503 g/mol. The van der Waals surface area contributed by atoms with Gasteiger partial charge in [0.1, 0.15) is 6.33 Å². The number of nitrogens with one attached hydrogen (secondary N) is 2. The van der Waals surface area contributed by atoms with Crippen molar-refractivity contribution >= 4 is 23.0 Å². The summed E-state index contributed by atoms with van der Waals surface area (Å²) >= 11 is 0. The predicted octanol–water partition coefficient (Wildman–Crippen LogP) is 7.57. The molecule has 1 heterocycles. The highest BCUT2D eigenvalue weighted by Crippen LogP contribution is 2.30. The lowest BCUT2D eigenvalue weighted by atomic mass is 10.1. The zero-order chi connectivity index (χ0) is 27.6. The Hall–Kier alpha value is -4.92. The molecule has 0 bridgehead atoms. The highest BCUT2D eigenvalue weighted by molar-refractivity contribution is 6.08. The summed E-state index contributed by atoms with van der Waals surface area (Å²) < 4.78 is 39.9. The molecule has 0 fully saturated rings. The number of hydrogen-bond donors (Lipinski definition) is 2. The Balaban J connectivity index is 1.30. The van der Waals surface area contributed by atoms with Gasteiger partial charge in [0.05, 0.1) is 22.5 Å². The Labute approximate surface area is 223 Å². The number of hydrogen-bond acceptors (Lipinski definition) is 4. The molecule has 1 aromatic heterocycles. The summed E-state index contributed by atoms with van der Waals surface area (Å²) in [7, 11) is 0. The second-order valence-corrected chi connectivity index (χ2v) is 9.03. The number of carbonyl (C=O) groups is 1. The van der Waals surface area contributed by atoms with Crippen LogP contribution in [0.2, 0.25) is 0 Å². The molecule has 0 saturated carbocycles. The number of nitrogens with zero attached hydrogens (tertiary/aromatic N) is 3. The van der Waals surface area contributed by atoms with Crippen LogP contribution < -0.4 is 10.6 Å². The standard InChI is InChI=1S/C30H24F3N5O/c1-19-6-5-7-20(2)27(19)36-26-9-4-3-8-25(26)29(39)35-23-14-10-21(11-15-23)28-34-18-38(37-28)24-16-12-22(13-17-24)30(31,32)33/h3-18,36H,1-2H3,(H,35,39). The lowest BCUT2D eigenvalue weighted by Gasteiger charge is -2.16. The molecule has 4 aromatic carbocycles. The minimum Gasteiger partial charge on any atom is -0.354 e. The summed E-state index contributed by atoms with van der Waals surface area (Å²) in [5.41, 5.74) is 5.33. The third-order valence-electron chi connectivity index (χ3n) is 6.26. The van der Waals surface area contributed by atoms with Crippen LogP contribution in [-0.2, 0) is 6.18 Å². The second kappa shape index (κ2) is 10.4. The Bertz CT molecular complexity index is 1600. The summed E-state index contributed by atoms with van der Waals surface area (Å²) in [6, 6.07) is 25.0. The van der Waals surface area contributed by atoms with E-state index in [4.69, 9.17) is 0 Å². The van der Waals surface area contributed by atoms with Gasteiger partial charge in [0.25, 0.3) is 5.91 Å². The van der Waals surface area contributed by atoms with Crippen LogP contribution in [0, 0.1) is 13.8 Å². The first-order valence-corrected chi connectivity index (χ1v) is 12.1. The van der Waals surface area contributed by atoms with Crippen molar-refractivity contribution in [2.45, 2.75) is 20.0 Å². The number of halogens is 3. The van der Waals surface area contributed by atoms with Crippen LogP contribution in [0.15, 0.2) is 97.3 Å². The van der Waals surface area contributed by atoms with Crippen molar-refractivity contribution in [2.75, 3.05) is 10.6 Å². The predicted molar refractivity (Wildman–Crippen MR) is 145 cm³/mol. The first-order valence-electron chi connectivity index (χ1n) is 12.1. The van der Waals surface area contributed by atoms with E-state index in [1.165, 1.54) is 23.1 Å². The van der Waals surface area contributed by atoms with Crippen molar-refractivity contribution in [1.29, 1.82) is 0 Å². The van der Waals surface area contributed by atoms with Gasteiger partial charge in [0, 0.05) is 16.9 Å². The number of aromatic nitrogens is 3. The van der Waals surface area contributed by atoms with Crippen LogP contribution in [0.4, 0.5) is 30.2 Å². The Morgan fingerprint density at radius 3 is 2.15 bits per heavy atom. The molecule has 0 saturated heterocycles. The largest absolute Gasteiger partial charge is 0.416 e. The van der Waals surface area contributed by atoms with Crippen molar-refractivity contribution in [3.05, 3.63) is 120 Å². The molecule has 196 valence electrons. The van der Waals surface area contributed by atoms with Gasteiger partial charge in [0.2, 0.25) is 0 Å². The first-order chi connectivity index (χ1) is 18.7. The summed E-state index contributed by atoms with van der Waals surface area (Å²) in [6.07, 6.45) is -2.96. The van der Waals surface area contributed by atoms with Gasteiger partial charge >= 0.3 is 6.18 Å². The van der Waals surface area contributed by atoms with Gasteiger partial charge in [-0.15, -0.1) is 5.10 Å². The minimum absolute atomic E-state index is 0.262. The third-order valence-corrected chi connectivity index (χ3v) is 6.26. The van der Waals surface area contributed by atoms with Crippen LogP contribution >= 0.6 is 0 Å². The van der Waals surface area contributed by atoms with Crippen LogP contribution in [-0.4, -0.2) is 20.7 Å². The lowest BCUT2D eigenvalue weighted by molar-refractivity contribution is -0.137. The molecule has 0 radical (unpaired) electrons. The number of alkyl halides is 3. The van der Waals surface area contributed by atoms with Gasteiger partial charge in [-0.05, 0) is 85.6 Å². The Morgan fingerprint density at radius 2 is 1.49 bits per heavy atom. The maximum absolute atomic E-state index is 13.1. The zero-order valence-electron chi connectivity index (χ0n) is 21.1. The van der Waals surface area contributed by atoms with Gasteiger partial charge in [-0.1, -0.05) is 30.3 Å². The molecule has 0 aliphatic rings. The van der Waals surface area contributed by atoms with Crippen LogP contribution in [0.3, 0.4) is 0 Å².